The highest BCUT2D eigenvalue weighted by molar-refractivity contribution is 7.19. The molecule has 2 nitrogen and oxygen atoms in total. The van der Waals surface area contributed by atoms with Gasteiger partial charge in [0.25, 0.3) is 0 Å². The second kappa shape index (κ2) is 3.18. The molecule has 0 aliphatic heterocycles. The topological polar surface area (TPSA) is 33.1 Å². The van der Waals surface area contributed by atoms with Gasteiger partial charge in [0.1, 0.15) is 5.01 Å². The molecule has 0 aliphatic carbocycles. The Kier molecular flexibility index (Phi) is 2.02. The first-order chi connectivity index (χ1) is 6.25. The monoisotopic (exact) mass is 191 g/mol. The van der Waals surface area contributed by atoms with Gasteiger partial charge in [-0.1, -0.05) is 12.1 Å². The number of aliphatic hydroxyl groups is 1. The molecule has 2 rings (SSSR count). The molecule has 1 heterocycles. The summed E-state index contributed by atoms with van der Waals surface area (Å²) in [5.41, 5.74) is 0.986. The van der Waals surface area contributed by atoms with E-state index in [0.29, 0.717) is 5.76 Å². The molecule has 0 bridgehead atoms. The van der Waals surface area contributed by atoms with E-state index in [1.807, 2.05) is 24.3 Å². The van der Waals surface area contributed by atoms with Crippen molar-refractivity contribution in [1.82, 2.24) is 4.98 Å². The molecule has 0 saturated carbocycles. The summed E-state index contributed by atoms with van der Waals surface area (Å²) in [6.45, 7) is 1.64. The molecule has 1 N–H and O–H groups in total. The summed E-state index contributed by atoms with van der Waals surface area (Å²) >= 11 is 1.58. The fraction of sp³-hybridized carbons (Fsp3) is 0.100. The number of hydrogen-bond donors (Lipinski definition) is 1. The summed E-state index contributed by atoms with van der Waals surface area (Å²) in [5, 5.41) is 9.91. The number of para-hydroxylation sites is 1. The van der Waals surface area contributed by atoms with E-state index in [1.54, 1.807) is 24.3 Å². The summed E-state index contributed by atoms with van der Waals surface area (Å²) in [4.78, 5) is 4.34. The van der Waals surface area contributed by atoms with Crippen LogP contribution in [0.4, 0.5) is 0 Å². The molecular formula is C10H9NOS. The van der Waals surface area contributed by atoms with Crippen molar-refractivity contribution in [2.24, 2.45) is 0 Å². The third-order valence-corrected chi connectivity index (χ3v) is 2.63. The Bertz CT molecular complexity index is 422. The smallest absolute Gasteiger partial charge is 0.120 e. The van der Waals surface area contributed by atoms with Crippen molar-refractivity contribution >= 4 is 27.6 Å². The van der Waals surface area contributed by atoms with Crippen LogP contribution in [-0.4, -0.2) is 10.1 Å². The van der Waals surface area contributed by atoms with Crippen molar-refractivity contribution < 1.29 is 5.11 Å². The van der Waals surface area contributed by atoms with Crippen LogP contribution in [-0.2, 0) is 0 Å². The second-order valence-corrected chi connectivity index (χ2v) is 3.87. The van der Waals surface area contributed by atoms with E-state index in [9.17, 15) is 0 Å². The first-order valence-electron chi connectivity index (χ1n) is 3.98. The van der Waals surface area contributed by atoms with Crippen LogP contribution >= 0.6 is 11.3 Å². The lowest BCUT2D eigenvalue weighted by molar-refractivity contribution is 0.420. The largest absolute Gasteiger partial charge is 0.513 e. The zero-order valence-electron chi connectivity index (χ0n) is 7.19. The molecule has 1 aromatic carbocycles. The van der Waals surface area contributed by atoms with Crippen LogP contribution in [0.1, 0.15) is 11.9 Å². The van der Waals surface area contributed by atoms with E-state index in [0.717, 1.165) is 15.2 Å². The zero-order chi connectivity index (χ0) is 9.26. The minimum atomic E-state index is 0.291. The van der Waals surface area contributed by atoms with Gasteiger partial charge in [-0.15, -0.1) is 11.3 Å². The van der Waals surface area contributed by atoms with Crippen LogP contribution in [0.5, 0.6) is 0 Å². The molecule has 2 aromatic rings. The van der Waals surface area contributed by atoms with Crippen LogP contribution in [0, 0.1) is 0 Å². The van der Waals surface area contributed by atoms with Crippen LogP contribution < -0.4 is 0 Å². The van der Waals surface area contributed by atoms with Crippen molar-refractivity contribution in [1.29, 1.82) is 0 Å². The van der Waals surface area contributed by atoms with Crippen LogP contribution in [0.25, 0.3) is 16.3 Å². The van der Waals surface area contributed by atoms with Gasteiger partial charge >= 0.3 is 0 Å². The molecule has 3 heteroatoms. The Labute approximate surface area is 80.2 Å². The molecule has 0 unspecified atom stereocenters. The number of thiazole rings is 1. The van der Waals surface area contributed by atoms with Gasteiger partial charge in [-0.05, 0) is 19.1 Å². The summed E-state index contributed by atoms with van der Waals surface area (Å²) in [6, 6.07) is 7.94. The highest BCUT2D eigenvalue weighted by Crippen LogP contribution is 2.22. The van der Waals surface area contributed by atoms with Gasteiger partial charge in [0.15, 0.2) is 0 Å². The Hall–Kier alpha value is -1.35. The highest BCUT2D eigenvalue weighted by atomic mass is 32.1. The second-order valence-electron chi connectivity index (χ2n) is 2.81. The van der Waals surface area contributed by atoms with Crippen molar-refractivity contribution in [3.8, 4) is 0 Å². The van der Waals surface area contributed by atoms with Crippen LogP contribution in [0.15, 0.2) is 30.0 Å². The summed E-state index contributed by atoms with van der Waals surface area (Å²) in [7, 11) is 0. The average Bonchev–Trinajstić information content (AvgIpc) is 2.44. The SMILES string of the molecule is C/C(O)=C\c1nc2ccccc2s1. The fourth-order valence-corrected chi connectivity index (χ4v) is 2.09. The minimum Gasteiger partial charge on any atom is -0.513 e. The molecule has 66 valence electrons. The first kappa shape index (κ1) is 8.26. The molecule has 0 fully saturated rings. The van der Waals surface area contributed by atoms with Crippen LogP contribution in [0.2, 0.25) is 0 Å². The third-order valence-electron chi connectivity index (χ3n) is 1.64. The number of hydrogen-bond acceptors (Lipinski definition) is 3. The zero-order valence-corrected chi connectivity index (χ0v) is 8.01. The van der Waals surface area contributed by atoms with E-state index < -0.39 is 0 Å². The number of fused-ring (bicyclic) bond motifs is 1. The van der Waals surface area contributed by atoms with Gasteiger partial charge in [-0.2, -0.15) is 0 Å². The normalized spacial score (nSPS) is 12.2. The Morgan fingerprint density at radius 2 is 2.23 bits per heavy atom. The average molecular weight is 191 g/mol. The number of aliphatic hydroxyl groups excluding tert-OH is 1. The lowest BCUT2D eigenvalue weighted by Gasteiger charge is -1.83. The minimum absolute atomic E-state index is 0.291. The van der Waals surface area contributed by atoms with E-state index in [-0.39, 0.29) is 0 Å². The van der Waals surface area contributed by atoms with Crippen molar-refractivity contribution in [2.45, 2.75) is 6.92 Å². The maximum Gasteiger partial charge on any atom is 0.120 e. The molecule has 0 atom stereocenters. The molecule has 13 heavy (non-hydrogen) atoms. The molecule has 0 saturated heterocycles. The molecule has 0 amide bonds. The summed E-state index contributed by atoms with van der Waals surface area (Å²) < 4.78 is 1.15. The maximum atomic E-state index is 9.06. The van der Waals surface area contributed by atoms with Gasteiger partial charge < -0.3 is 5.11 Å². The first-order valence-corrected chi connectivity index (χ1v) is 4.80. The third kappa shape index (κ3) is 1.70. The predicted octanol–water partition coefficient (Wildman–Crippen LogP) is 3.22. The van der Waals surface area contributed by atoms with Gasteiger partial charge in [-0.3, -0.25) is 0 Å². The molecule has 0 aliphatic rings. The van der Waals surface area contributed by atoms with Crippen LogP contribution in [0.3, 0.4) is 0 Å². The molecular weight excluding hydrogens is 182 g/mol. The number of allylic oxidation sites excluding steroid dienone is 1. The highest BCUT2D eigenvalue weighted by Gasteiger charge is 1.99. The van der Waals surface area contributed by atoms with E-state index in [1.165, 1.54) is 0 Å². The summed E-state index contributed by atoms with van der Waals surface area (Å²) in [5.74, 6) is 0.291. The quantitative estimate of drug-likeness (QED) is 0.702. The predicted molar refractivity (Wildman–Crippen MR) is 55.9 cm³/mol. The van der Waals surface area contributed by atoms with E-state index >= 15 is 0 Å². The van der Waals surface area contributed by atoms with Crippen molar-refractivity contribution in [3.05, 3.63) is 35.0 Å². The van der Waals surface area contributed by atoms with Crippen molar-refractivity contribution in [2.75, 3.05) is 0 Å². The molecule has 0 spiro atoms. The van der Waals surface area contributed by atoms with E-state index in [2.05, 4.69) is 4.98 Å². The lowest BCUT2D eigenvalue weighted by atomic mass is 10.3. The van der Waals surface area contributed by atoms with Crippen molar-refractivity contribution in [3.63, 3.8) is 0 Å². The molecule has 1 aromatic heterocycles. The standard InChI is InChI=1S/C10H9NOS/c1-7(12)6-10-11-8-4-2-3-5-9(8)13-10/h2-6,12H,1H3/b7-6+. The number of benzene rings is 1. The number of rotatable bonds is 1. The lowest BCUT2D eigenvalue weighted by Crippen LogP contribution is -1.71. The fourth-order valence-electron chi connectivity index (χ4n) is 1.13. The summed E-state index contributed by atoms with van der Waals surface area (Å²) in [6.07, 6.45) is 1.67. The number of nitrogens with zero attached hydrogens (tertiary/aromatic N) is 1. The maximum absolute atomic E-state index is 9.06. The van der Waals surface area contributed by atoms with E-state index in [4.69, 9.17) is 5.11 Å². The van der Waals surface area contributed by atoms with Gasteiger partial charge in [0.2, 0.25) is 0 Å². The van der Waals surface area contributed by atoms with Gasteiger partial charge in [0, 0.05) is 6.08 Å². The Morgan fingerprint density at radius 3 is 2.92 bits per heavy atom. The Balaban J connectivity index is 2.56. The molecule has 0 radical (unpaired) electrons. The number of aromatic nitrogens is 1. The van der Waals surface area contributed by atoms with Gasteiger partial charge in [-0.25, -0.2) is 4.98 Å². The Morgan fingerprint density at radius 1 is 1.46 bits per heavy atom. The van der Waals surface area contributed by atoms with Gasteiger partial charge in [0.05, 0.1) is 16.0 Å².